The van der Waals surface area contributed by atoms with Gasteiger partial charge in [-0.05, 0) is 31.6 Å². The normalized spacial score (nSPS) is 21.3. The van der Waals surface area contributed by atoms with Gasteiger partial charge in [0, 0.05) is 12.6 Å². The van der Waals surface area contributed by atoms with E-state index in [-0.39, 0.29) is 24.3 Å². The third kappa shape index (κ3) is 4.49. The Balaban J connectivity index is 2.44. The number of likely N-dealkylation sites (tertiary alicyclic amines) is 1. The van der Waals surface area contributed by atoms with E-state index >= 15 is 0 Å². The number of nitrogens with zero attached hydrogens (tertiary/aromatic N) is 1. The lowest BCUT2D eigenvalue weighted by Gasteiger charge is -2.35. The Morgan fingerprint density at radius 3 is 2.63 bits per heavy atom. The number of nitrogens with one attached hydrogen (secondary N) is 1. The first-order valence-electron chi connectivity index (χ1n) is 7.30. The fourth-order valence-corrected chi connectivity index (χ4v) is 2.44. The Labute approximate surface area is 115 Å². The number of rotatable bonds is 5. The third-order valence-electron chi connectivity index (χ3n) is 3.85. The highest BCUT2D eigenvalue weighted by molar-refractivity contribution is 5.87. The Morgan fingerprint density at radius 1 is 1.37 bits per heavy atom. The minimum absolute atomic E-state index is 0.0101. The monoisotopic (exact) mass is 269 g/mol. The molecule has 0 saturated carbocycles. The molecule has 19 heavy (non-hydrogen) atoms. The van der Waals surface area contributed by atoms with E-state index in [1.54, 1.807) is 0 Å². The second-order valence-corrected chi connectivity index (χ2v) is 5.63. The molecule has 5 nitrogen and oxygen atoms in total. The Bertz CT molecular complexity index is 318. The van der Waals surface area contributed by atoms with Crippen LogP contribution in [0.25, 0.3) is 0 Å². The molecule has 1 aliphatic heterocycles. The number of carbonyl (C=O) groups is 2. The summed E-state index contributed by atoms with van der Waals surface area (Å²) in [6.45, 7) is 6.76. The van der Waals surface area contributed by atoms with Crippen LogP contribution < -0.4 is 11.1 Å². The predicted molar refractivity (Wildman–Crippen MR) is 75.5 cm³/mol. The Morgan fingerprint density at radius 2 is 2.05 bits per heavy atom. The minimum atomic E-state index is -0.545. The molecule has 1 rings (SSSR count). The molecule has 0 bridgehead atoms. The van der Waals surface area contributed by atoms with Crippen LogP contribution in [0.4, 0.5) is 0 Å². The average Bonchev–Trinajstić information content (AvgIpc) is 2.43. The molecule has 1 heterocycles. The van der Waals surface area contributed by atoms with Crippen LogP contribution in [0, 0.1) is 5.92 Å². The molecule has 1 unspecified atom stereocenters. The van der Waals surface area contributed by atoms with E-state index in [2.05, 4.69) is 12.2 Å². The van der Waals surface area contributed by atoms with Crippen LogP contribution in [0.15, 0.2) is 0 Å². The highest BCUT2D eigenvalue weighted by atomic mass is 16.2. The van der Waals surface area contributed by atoms with Gasteiger partial charge >= 0.3 is 0 Å². The van der Waals surface area contributed by atoms with E-state index in [0.717, 1.165) is 25.8 Å². The van der Waals surface area contributed by atoms with E-state index in [0.29, 0.717) is 6.04 Å². The number of amides is 2. The lowest BCUT2D eigenvalue weighted by Crippen LogP contribution is -2.50. The third-order valence-corrected chi connectivity index (χ3v) is 3.85. The average molecular weight is 269 g/mol. The smallest absolute Gasteiger partial charge is 0.242 e. The molecule has 1 fully saturated rings. The lowest BCUT2D eigenvalue weighted by molar-refractivity contribution is -0.136. The van der Waals surface area contributed by atoms with Crippen molar-refractivity contribution in [1.82, 2.24) is 10.2 Å². The van der Waals surface area contributed by atoms with Gasteiger partial charge in [-0.2, -0.15) is 0 Å². The van der Waals surface area contributed by atoms with Crippen molar-refractivity contribution < 1.29 is 9.59 Å². The van der Waals surface area contributed by atoms with E-state index in [1.165, 1.54) is 6.42 Å². The molecule has 3 N–H and O–H groups in total. The maximum atomic E-state index is 12.1. The summed E-state index contributed by atoms with van der Waals surface area (Å²) >= 11 is 0. The molecular formula is C14H27N3O2. The Kier molecular flexibility index (Phi) is 6.28. The first-order chi connectivity index (χ1) is 8.97. The van der Waals surface area contributed by atoms with Crippen LogP contribution in [0.3, 0.4) is 0 Å². The van der Waals surface area contributed by atoms with Gasteiger partial charge in [-0.15, -0.1) is 0 Å². The molecular weight excluding hydrogens is 242 g/mol. The van der Waals surface area contributed by atoms with E-state index in [4.69, 9.17) is 5.73 Å². The van der Waals surface area contributed by atoms with Crippen LogP contribution in [-0.2, 0) is 9.59 Å². The molecule has 110 valence electrons. The van der Waals surface area contributed by atoms with Crippen molar-refractivity contribution in [3.8, 4) is 0 Å². The molecule has 2 amide bonds. The van der Waals surface area contributed by atoms with Crippen LogP contribution in [0.2, 0.25) is 0 Å². The standard InChI is InChI=1S/C14H27N3O2/c1-4-11-7-5-6-8-17(11)12(18)9-16-14(19)13(15)10(2)3/h10-11,13H,4-9,15H2,1-3H3,(H,16,19)/t11?,13-/m0/s1. The van der Waals surface area contributed by atoms with Crippen molar-refractivity contribution in [3.05, 3.63) is 0 Å². The summed E-state index contributed by atoms with van der Waals surface area (Å²) in [7, 11) is 0. The number of hydrogen-bond acceptors (Lipinski definition) is 3. The van der Waals surface area contributed by atoms with E-state index < -0.39 is 6.04 Å². The zero-order valence-corrected chi connectivity index (χ0v) is 12.3. The first kappa shape index (κ1) is 16.0. The summed E-state index contributed by atoms with van der Waals surface area (Å²) in [6, 6.07) is -0.215. The molecule has 1 aliphatic rings. The number of nitrogens with two attached hydrogens (primary N) is 1. The molecule has 0 aromatic heterocycles. The van der Waals surface area contributed by atoms with Gasteiger partial charge in [-0.3, -0.25) is 9.59 Å². The summed E-state index contributed by atoms with van der Waals surface area (Å²) in [6.07, 6.45) is 4.29. The van der Waals surface area contributed by atoms with Crippen LogP contribution >= 0.6 is 0 Å². The molecule has 1 saturated heterocycles. The summed E-state index contributed by atoms with van der Waals surface area (Å²) in [4.78, 5) is 25.8. The van der Waals surface area contributed by atoms with Crippen molar-refractivity contribution in [1.29, 1.82) is 0 Å². The summed E-state index contributed by atoms with van der Waals surface area (Å²) < 4.78 is 0. The van der Waals surface area contributed by atoms with Gasteiger partial charge in [0.05, 0.1) is 12.6 Å². The van der Waals surface area contributed by atoms with Crippen molar-refractivity contribution in [2.24, 2.45) is 11.7 Å². The maximum Gasteiger partial charge on any atom is 0.242 e. The summed E-state index contributed by atoms with van der Waals surface area (Å²) in [5, 5.41) is 2.65. The number of hydrogen-bond donors (Lipinski definition) is 2. The highest BCUT2D eigenvalue weighted by Gasteiger charge is 2.26. The molecule has 0 aliphatic carbocycles. The molecule has 5 heteroatoms. The summed E-state index contributed by atoms with van der Waals surface area (Å²) in [5.74, 6) is -0.155. The zero-order chi connectivity index (χ0) is 14.4. The molecule has 0 radical (unpaired) electrons. The zero-order valence-electron chi connectivity index (χ0n) is 12.3. The second-order valence-electron chi connectivity index (χ2n) is 5.63. The van der Waals surface area contributed by atoms with E-state index in [1.807, 2.05) is 18.7 Å². The fraction of sp³-hybridized carbons (Fsp3) is 0.857. The maximum absolute atomic E-state index is 12.1. The van der Waals surface area contributed by atoms with Gasteiger partial charge < -0.3 is 16.0 Å². The van der Waals surface area contributed by atoms with E-state index in [9.17, 15) is 9.59 Å². The number of piperidine rings is 1. The second kappa shape index (κ2) is 7.48. The van der Waals surface area contributed by atoms with Crippen molar-refractivity contribution in [3.63, 3.8) is 0 Å². The van der Waals surface area contributed by atoms with Gasteiger partial charge in [0.25, 0.3) is 0 Å². The molecule has 0 aromatic carbocycles. The van der Waals surface area contributed by atoms with Gasteiger partial charge in [-0.1, -0.05) is 20.8 Å². The molecule has 0 spiro atoms. The summed E-state index contributed by atoms with van der Waals surface area (Å²) in [5.41, 5.74) is 5.74. The SMILES string of the molecule is CCC1CCCCN1C(=O)CNC(=O)[C@@H](N)C(C)C. The first-order valence-corrected chi connectivity index (χ1v) is 7.30. The molecule has 2 atom stereocenters. The minimum Gasteiger partial charge on any atom is -0.346 e. The van der Waals surface area contributed by atoms with Crippen molar-refractivity contribution >= 4 is 11.8 Å². The number of carbonyl (C=O) groups excluding carboxylic acids is 2. The fourth-order valence-electron chi connectivity index (χ4n) is 2.44. The van der Waals surface area contributed by atoms with Gasteiger partial charge in [-0.25, -0.2) is 0 Å². The topological polar surface area (TPSA) is 75.4 Å². The van der Waals surface area contributed by atoms with Crippen LogP contribution in [0.5, 0.6) is 0 Å². The predicted octanol–water partition coefficient (Wildman–Crippen LogP) is 0.877. The van der Waals surface area contributed by atoms with Gasteiger partial charge in [0.15, 0.2) is 0 Å². The van der Waals surface area contributed by atoms with Crippen LogP contribution in [-0.4, -0.2) is 41.9 Å². The lowest BCUT2D eigenvalue weighted by atomic mass is 10.00. The van der Waals surface area contributed by atoms with Gasteiger partial charge in [0.1, 0.15) is 0 Å². The van der Waals surface area contributed by atoms with Crippen LogP contribution in [0.1, 0.15) is 46.5 Å². The highest BCUT2D eigenvalue weighted by Crippen LogP contribution is 2.19. The Hall–Kier alpha value is -1.10. The van der Waals surface area contributed by atoms with Crippen molar-refractivity contribution in [2.45, 2.75) is 58.5 Å². The quantitative estimate of drug-likeness (QED) is 0.778. The largest absolute Gasteiger partial charge is 0.346 e. The van der Waals surface area contributed by atoms with Gasteiger partial charge in [0.2, 0.25) is 11.8 Å². The van der Waals surface area contributed by atoms with Crippen molar-refractivity contribution in [2.75, 3.05) is 13.1 Å². The molecule has 0 aromatic rings.